The maximum absolute atomic E-state index is 13.1. The van der Waals surface area contributed by atoms with Crippen molar-refractivity contribution in [1.82, 2.24) is 10.6 Å². The van der Waals surface area contributed by atoms with E-state index in [2.05, 4.69) is 34.7 Å². The van der Waals surface area contributed by atoms with Crippen LogP contribution in [0.4, 0.5) is 4.39 Å². The first kappa shape index (κ1) is 16.5. The fourth-order valence-corrected chi connectivity index (χ4v) is 2.99. The predicted molar refractivity (Wildman–Crippen MR) is 92.0 cm³/mol. The summed E-state index contributed by atoms with van der Waals surface area (Å²) in [5, 5.41) is 6.58. The minimum atomic E-state index is -0.172. The predicted octanol–water partition coefficient (Wildman–Crippen LogP) is 3.49. The molecular weight excluding hydrogens is 297 g/mol. The van der Waals surface area contributed by atoms with Crippen LogP contribution in [-0.2, 0) is 13.0 Å². The van der Waals surface area contributed by atoms with E-state index < -0.39 is 0 Å². The van der Waals surface area contributed by atoms with Gasteiger partial charge in [0.2, 0.25) is 0 Å². The van der Waals surface area contributed by atoms with Gasteiger partial charge in [0.25, 0.3) is 0 Å². The lowest BCUT2D eigenvalue weighted by atomic mass is 10.1. The molecule has 0 unspecified atom stereocenters. The standard InChI is InChI=1S/C17H22FN3S/c1-13-8-9-16(22-13)12-21-17(19-2)20-10-4-6-14-5-3-7-15(18)11-14/h3,5,7-9,11H,4,6,10,12H2,1-2H3,(H2,19,20,21). The minimum Gasteiger partial charge on any atom is -0.356 e. The Morgan fingerprint density at radius 3 is 2.77 bits per heavy atom. The highest BCUT2D eigenvalue weighted by molar-refractivity contribution is 7.11. The zero-order valence-electron chi connectivity index (χ0n) is 13.0. The molecule has 0 fully saturated rings. The van der Waals surface area contributed by atoms with Crippen molar-refractivity contribution in [2.75, 3.05) is 13.6 Å². The molecule has 0 saturated carbocycles. The molecule has 1 heterocycles. The Morgan fingerprint density at radius 1 is 1.23 bits per heavy atom. The molecular formula is C17H22FN3S. The number of benzene rings is 1. The summed E-state index contributed by atoms with van der Waals surface area (Å²) >= 11 is 1.79. The molecule has 0 bridgehead atoms. The molecule has 3 nitrogen and oxygen atoms in total. The molecule has 0 amide bonds. The number of hydrogen-bond acceptors (Lipinski definition) is 2. The second kappa shape index (κ2) is 8.54. The topological polar surface area (TPSA) is 36.4 Å². The largest absolute Gasteiger partial charge is 0.356 e. The summed E-state index contributed by atoms with van der Waals surface area (Å²) in [6.45, 7) is 3.69. The molecule has 0 radical (unpaired) electrons. The van der Waals surface area contributed by atoms with Gasteiger partial charge in [0.15, 0.2) is 5.96 Å². The van der Waals surface area contributed by atoms with E-state index in [1.165, 1.54) is 15.8 Å². The maximum atomic E-state index is 13.1. The fourth-order valence-electron chi connectivity index (χ4n) is 2.16. The molecule has 2 N–H and O–H groups in total. The average molecular weight is 319 g/mol. The molecule has 0 saturated heterocycles. The lowest BCUT2D eigenvalue weighted by Gasteiger charge is -2.11. The minimum absolute atomic E-state index is 0.172. The van der Waals surface area contributed by atoms with Crippen molar-refractivity contribution >= 4 is 17.3 Å². The van der Waals surface area contributed by atoms with Crippen LogP contribution in [0.1, 0.15) is 21.7 Å². The third kappa shape index (κ3) is 5.48. The first-order chi connectivity index (χ1) is 10.7. The van der Waals surface area contributed by atoms with E-state index >= 15 is 0 Å². The molecule has 0 atom stereocenters. The van der Waals surface area contributed by atoms with Gasteiger partial charge in [-0.2, -0.15) is 0 Å². The maximum Gasteiger partial charge on any atom is 0.191 e. The van der Waals surface area contributed by atoms with Crippen LogP contribution in [0.2, 0.25) is 0 Å². The van der Waals surface area contributed by atoms with E-state index in [0.29, 0.717) is 0 Å². The summed E-state index contributed by atoms with van der Waals surface area (Å²) in [7, 11) is 1.77. The number of halogens is 1. The van der Waals surface area contributed by atoms with Gasteiger partial charge < -0.3 is 10.6 Å². The Balaban J connectivity index is 1.68. The Labute approximate surface area is 135 Å². The second-order valence-corrected chi connectivity index (χ2v) is 6.47. The van der Waals surface area contributed by atoms with Crippen LogP contribution in [0.25, 0.3) is 0 Å². The zero-order valence-corrected chi connectivity index (χ0v) is 13.8. The van der Waals surface area contributed by atoms with E-state index in [-0.39, 0.29) is 5.82 Å². The quantitative estimate of drug-likeness (QED) is 0.486. The number of thiophene rings is 1. The molecule has 0 aliphatic rings. The summed E-state index contributed by atoms with van der Waals surface area (Å²) in [5.74, 6) is 0.625. The van der Waals surface area contributed by atoms with Crippen LogP contribution in [-0.4, -0.2) is 19.6 Å². The van der Waals surface area contributed by atoms with Gasteiger partial charge in [-0.3, -0.25) is 4.99 Å². The second-order valence-electron chi connectivity index (χ2n) is 5.10. The van der Waals surface area contributed by atoms with Crippen LogP contribution in [0.5, 0.6) is 0 Å². The number of aryl methyl sites for hydroxylation is 2. The monoisotopic (exact) mass is 319 g/mol. The fraction of sp³-hybridized carbons (Fsp3) is 0.353. The van der Waals surface area contributed by atoms with Crippen LogP contribution in [0, 0.1) is 12.7 Å². The van der Waals surface area contributed by atoms with Gasteiger partial charge in [0.05, 0.1) is 6.54 Å². The van der Waals surface area contributed by atoms with Crippen molar-refractivity contribution in [2.24, 2.45) is 4.99 Å². The lowest BCUT2D eigenvalue weighted by molar-refractivity contribution is 0.624. The number of nitrogens with zero attached hydrogens (tertiary/aromatic N) is 1. The van der Waals surface area contributed by atoms with Crippen molar-refractivity contribution in [3.05, 3.63) is 57.5 Å². The molecule has 1 aromatic carbocycles. The Kier molecular flexibility index (Phi) is 6.40. The molecule has 0 spiro atoms. The van der Waals surface area contributed by atoms with E-state index in [1.54, 1.807) is 30.5 Å². The van der Waals surface area contributed by atoms with Crippen LogP contribution in [0.3, 0.4) is 0 Å². The number of aliphatic imine (C=N–C) groups is 1. The molecule has 118 valence electrons. The van der Waals surface area contributed by atoms with Gasteiger partial charge >= 0.3 is 0 Å². The van der Waals surface area contributed by atoms with E-state index in [9.17, 15) is 4.39 Å². The highest BCUT2D eigenvalue weighted by Gasteiger charge is 2.01. The molecule has 5 heteroatoms. The zero-order chi connectivity index (χ0) is 15.8. The van der Waals surface area contributed by atoms with Gasteiger partial charge in [-0.05, 0) is 49.6 Å². The van der Waals surface area contributed by atoms with E-state index in [0.717, 1.165) is 37.5 Å². The number of nitrogens with one attached hydrogen (secondary N) is 2. The SMILES string of the molecule is CN=C(NCCCc1cccc(F)c1)NCc1ccc(C)s1. The molecule has 0 aliphatic carbocycles. The van der Waals surface area contributed by atoms with Crippen molar-refractivity contribution in [2.45, 2.75) is 26.3 Å². The van der Waals surface area contributed by atoms with Gasteiger partial charge in [-0.25, -0.2) is 4.39 Å². The van der Waals surface area contributed by atoms with Crippen LogP contribution < -0.4 is 10.6 Å². The smallest absolute Gasteiger partial charge is 0.191 e. The number of guanidine groups is 1. The summed E-state index contributed by atoms with van der Waals surface area (Å²) in [5.41, 5.74) is 1.03. The lowest BCUT2D eigenvalue weighted by Crippen LogP contribution is -2.37. The Morgan fingerprint density at radius 2 is 2.09 bits per heavy atom. The Hall–Kier alpha value is -1.88. The molecule has 2 rings (SSSR count). The first-order valence-corrected chi connectivity index (χ1v) is 8.23. The summed E-state index contributed by atoms with van der Waals surface area (Å²) in [6.07, 6.45) is 1.79. The normalized spacial score (nSPS) is 11.5. The van der Waals surface area contributed by atoms with E-state index in [1.807, 2.05) is 6.07 Å². The van der Waals surface area contributed by atoms with Gasteiger partial charge in [0, 0.05) is 23.3 Å². The van der Waals surface area contributed by atoms with E-state index in [4.69, 9.17) is 0 Å². The highest BCUT2D eigenvalue weighted by atomic mass is 32.1. The van der Waals surface area contributed by atoms with Crippen molar-refractivity contribution in [3.63, 3.8) is 0 Å². The van der Waals surface area contributed by atoms with Crippen molar-refractivity contribution in [3.8, 4) is 0 Å². The van der Waals surface area contributed by atoms with Gasteiger partial charge in [0.1, 0.15) is 5.82 Å². The van der Waals surface area contributed by atoms with Gasteiger partial charge in [-0.1, -0.05) is 12.1 Å². The van der Waals surface area contributed by atoms with Crippen LogP contribution in [0.15, 0.2) is 41.4 Å². The first-order valence-electron chi connectivity index (χ1n) is 7.41. The Bertz CT molecular complexity index is 622. The summed E-state index contributed by atoms with van der Waals surface area (Å²) < 4.78 is 13.1. The van der Waals surface area contributed by atoms with Crippen molar-refractivity contribution < 1.29 is 4.39 Å². The van der Waals surface area contributed by atoms with Crippen molar-refractivity contribution in [1.29, 1.82) is 0 Å². The highest BCUT2D eigenvalue weighted by Crippen LogP contribution is 2.14. The van der Waals surface area contributed by atoms with Crippen LogP contribution >= 0.6 is 11.3 Å². The van der Waals surface area contributed by atoms with Gasteiger partial charge in [-0.15, -0.1) is 11.3 Å². The number of rotatable bonds is 6. The third-order valence-electron chi connectivity index (χ3n) is 3.27. The summed E-state index contributed by atoms with van der Waals surface area (Å²) in [6, 6.07) is 11.0. The number of hydrogen-bond donors (Lipinski definition) is 2. The molecule has 2 aromatic rings. The average Bonchev–Trinajstić information content (AvgIpc) is 2.92. The molecule has 22 heavy (non-hydrogen) atoms. The summed E-state index contributed by atoms with van der Waals surface area (Å²) in [4.78, 5) is 6.81. The molecule has 0 aliphatic heterocycles. The third-order valence-corrected chi connectivity index (χ3v) is 4.27. The molecule has 1 aromatic heterocycles.